The highest BCUT2D eigenvalue weighted by Crippen LogP contribution is 2.31. The molecule has 0 aliphatic carbocycles. The number of halogens is 2. The van der Waals surface area contributed by atoms with E-state index >= 15 is 0 Å². The Balaban J connectivity index is 1.68. The number of benzene rings is 2. The molecular weight excluding hydrogens is 398 g/mol. The molecule has 0 radical (unpaired) electrons. The highest BCUT2D eigenvalue weighted by Gasteiger charge is 2.17. The average molecular weight is 419 g/mol. The van der Waals surface area contributed by atoms with Crippen molar-refractivity contribution >= 4 is 34.7 Å². The van der Waals surface area contributed by atoms with E-state index < -0.39 is 5.76 Å². The van der Waals surface area contributed by atoms with Crippen LogP contribution >= 0.6 is 23.1 Å². The van der Waals surface area contributed by atoms with Crippen LogP contribution in [-0.2, 0) is 4.79 Å². The van der Waals surface area contributed by atoms with E-state index in [9.17, 15) is 13.6 Å². The molecule has 0 fully saturated rings. The molecule has 0 bridgehead atoms. The topological polar surface area (TPSA) is 41.1 Å². The maximum absolute atomic E-state index is 12.7. The van der Waals surface area contributed by atoms with Gasteiger partial charge in [0.05, 0.1) is 18.3 Å². The van der Waals surface area contributed by atoms with Crippen molar-refractivity contribution in [3.8, 4) is 0 Å². The lowest BCUT2D eigenvalue weighted by molar-refractivity contribution is -0.115. The molecule has 2 N–H and O–H groups in total. The highest BCUT2D eigenvalue weighted by molar-refractivity contribution is 7.99. The Labute approximate surface area is 171 Å². The van der Waals surface area contributed by atoms with Crippen LogP contribution in [0.4, 0.5) is 14.5 Å². The van der Waals surface area contributed by atoms with E-state index in [0.717, 1.165) is 10.4 Å². The Morgan fingerprint density at radius 1 is 1.07 bits per heavy atom. The molecule has 7 heteroatoms. The Hall–Kier alpha value is -2.22. The molecule has 0 spiro atoms. The van der Waals surface area contributed by atoms with Crippen molar-refractivity contribution < 1.29 is 13.6 Å². The molecule has 1 aromatic heterocycles. The van der Waals surface area contributed by atoms with Gasteiger partial charge in [-0.1, -0.05) is 59.8 Å². The molecule has 28 heavy (non-hydrogen) atoms. The molecule has 146 valence electrons. The first-order valence-electron chi connectivity index (χ1n) is 8.70. The van der Waals surface area contributed by atoms with Crippen molar-refractivity contribution in [2.24, 2.45) is 0 Å². The van der Waals surface area contributed by atoms with Crippen LogP contribution in [0, 0.1) is 6.92 Å². The minimum Gasteiger partial charge on any atom is -0.324 e. The number of carbonyl (C=O) groups is 1. The molecule has 2 aromatic carbocycles. The minimum absolute atomic E-state index is 0.0596. The van der Waals surface area contributed by atoms with Crippen LogP contribution in [0.1, 0.15) is 22.0 Å². The zero-order chi connectivity index (χ0) is 19.9. The number of thiophene rings is 1. The lowest BCUT2D eigenvalue weighted by atomic mass is 10.0. The number of anilines is 1. The van der Waals surface area contributed by atoms with Crippen LogP contribution in [0.15, 0.2) is 70.9 Å². The summed E-state index contributed by atoms with van der Waals surface area (Å²) in [5.74, 6) is -2.82. The maximum atomic E-state index is 12.7. The van der Waals surface area contributed by atoms with Crippen LogP contribution in [0.2, 0.25) is 0 Å². The van der Waals surface area contributed by atoms with Crippen molar-refractivity contribution in [2.75, 3.05) is 11.9 Å². The Morgan fingerprint density at radius 3 is 2.50 bits per heavy atom. The summed E-state index contributed by atoms with van der Waals surface area (Å²) in [4.78, 5) is 13.9. The summed E-state index contributed by atoms with van der Waals surface area (Å²) in [5.41, 5.74) is 2.62. The number of nitrogens with one attached hydrogen (secondary N) is 2. The number of carbonyl (C=O) groups excluding carboxylic acids is 1. The van der Waals surface area contributed by atoms with Gasteiger partial charge in [0.2, 0.25) is 5.91 Å². The van der Waals surface area contributed by atoms with E-state index in [1.165, 1.54) is 5.56 Å². The SMILES string of the molecule is Cc1ccc([C@H](NCC(=O)Nc2ccccc2SC(F)F)c2cccs2)cc1. The third-order valence-electron chi connectivity index (χ3n) is 4.08. The largest absolute Gasteiger partial charge is 0.324 e. The fraction of sp³-hybridized carbons (Fsp3) is 0.190. The third kappa shape index (κ3) is 5.64. The molecule has 1 heterocycles. The van der Waals surface area contributed by atoms with Gasteiger partial charge in [-0.3, -0.25) is 10.1 Å². The number of thioether (sulfide) groups is 1. The smallest absolute Gasteiger partial charge is 0.288 e. The van der Waals surface area contributed by atoms with E-state index in [0.29, 0.717) is 22.3 Å². The lowest BCUT2D eigenvalue weighted by Gasteiger charge is -2.18. The summed E-state index contributed by atoms with van der Waals surface area (Å²) in [6.07, 6.45) is 0. The predicted molar refractivity (Wildman–Crippen MR) is 112 cm³/mol. The summed E-state index contributed by atoms with van der Waals surface area (Å²) < 4.78 is 25.4. The van der Waals surface area contributed by atoms with Gasteiger partial charge in [0.15, 0.2) is 0 Å². The number of para-hydroxylation sites is 1. The maximum Gasteiger partial charge on any atom is 0.288 e. The molecule has 3 rings (SSSR count). The second kappa shape index (κ2) is 9.82. The van der Waals surface area contributed by atoms with Crippen molar-refractivity contribution in [1.29, 1.82) is 0 Å². The van der Waals surface area contributed by atoms with Gasteiger partial charge in [-0.2, -0.15) is 8.78 Å². The molecule has 0 aliphatic heterocycles. The van der Waals surface area contributed by atoms with Gasteiger partial charge in [-0.15, -0.1) is 11.3 Å². The van der Waals surface area contributed by atoms with Crippen molar-refractivity contribution in [1.82, 2.24) is 5.32 Å². The Morgan fingerprint density at radius 2 is 1.82 bits per heavy atom. The molecule has 0 saturated carbocycles. The van der Waals surface area contributed by atoms with Crippen LogP contribution in [0.25, 0.3) is 0 Å². The van der Waals surface area contributed by atoms with Gasteiger partial charge in [-0.05, 0) is 36.1 Å². The zero-order valence-electron chi connectivity index (χ0n) is 15.2. The lowest BCUT2D eigenvalue weighted by Crippen LogP contribution is -2.31. The van der Waals surface area contributed by atoms with Gasteiger partial charge in [0.25, 0.3) is 5.76 Å². The fourth-order valence-corrected chi connectivity index (χ4v) is 4.18. The minimum atomic E-state index is -2.54. The van der Waals surface area contributed by atoms with E-state index in [-0.39, 0.29) is 18.5 Å². The first-order valence-corrected chi connectivity index (χ1v) is 10.5. The van der Waals surface area contributed by atoms with E-state index in [4.69, 9.17) is 0 Å². The monoisotopic (exact) mass is 418 g/mol. The van der Waals surface area contributed by atoms with Crippen molar-refractivity contribution in [2.45, 2.75) is 23.6 Å². The second-order valence-corrected chi connectivity index (χ2v) is 8.17. The molecule has 0 unspecified atom stereocenters. The number of aryl methyl sites for hydroxylation is 1. The molecule has 1 atom stereocenters. The van der Waals surface area contributed by atoms with Crippen LogP contribution < -0.4 is 10.6 Å². The van der Waals surface area contributed by atoms with Crippen molar-refractivity contribution in [3.05, 3.63) is 82.0 Å². The first kappa shape index (κ1) is 20.5. The summed E-state index contributed by atoms with van der Waals surface area (Å²) >= 11 is 2.03. The molecule has 0 aliphatic rings. The molecular formula is C21H20F2N2OS2. The number of rotatable bonds is 8. The molecule has 3 aromatic rings. The Bertz CT molecular complexity index is 899. The van der Waals surface area contributed by atoms with Crippen LogP contribution in [0.5, 0.6) is 0 Å². The second-order valence-electron chi connectivity index (χ2n) is 6.16. The molecule has 0 saturated heterocycles. The first-order chi connectivity index (χ1) is 13.5. The average Bonchev–Trinajstić information content (AvgIpc) is 3.19. The normalized spacial score (nSPS) is 12.1. The highest BCUT2D eigenvalue weighted by atomic mass is 32.2. The Kier molecular flexibility index (Phi) is 7.19. The standard InChI is InChI=1S/C21H20F2N2OS2/c1-14-8-10-15(11-9-14)20(18-7-4-12-27-18)24-13-19(26)25-16-5-2-3-6-17(16)28-21(22)23/h2-12,20-21,24H,13H2,1H3,(H,25,26)/t20-/m0/s1. The summed E-state index contributed by atoms with van der Waals surface area (Å²) in [7, 11) is 0. The third-order valence-corrected chi connectivity index (χ3v) is 5.81. The molecule has 1 amide bonds. The molecule has 3 nitrogen and oxygen atoms in total. The summed E-state index contributed by atoms with van der Waals surface area (Å²) in [5, 5.41) is 8.00. The zero-order valence-corrected chi connectivity index (χ0v) is 16.8. The summed E-state index contributed by atoms with van der Waals surface area (Å²) in [6.45, 7) is 2.09. The quantitative estimate of drug-likeness (QED) is 0.462. The van der Waals surface area contributed by atoms with Gasteiger partial charge in [0.1, 0.15) is 0 Å². The van der Waals surface area contributed by atoms with Gasteiger partial charge in [-0.25, -0.2) is 0 Å². The summed E-state index contributed by atoms with van der Waals surface area (Å²) in [6, 6.07) is 18.6. The number of hydrogen-bond donors (Lipinski definition) is 2. The van der Waals surface area contributed by atoms with E-state index in [1.54, 1.807) is 35.6 Å². The predicted octanol–water partition coefficient (Wildman–Crippen LogP) is 5.69. The van der Waals surface area contributed by atoms with E-state index in [2.05, 4.69) is 10.6 Å². The number of hydrogen-bond acceptors (Lipinski definition) is 4. The van der Waals surface area contributed by atoms with Gasteiger partial charge < -0.3 is 5.32 Å². The number of amides is 1. The van der Waals surface area contributed by atoms with Crippen LogP contribution in [0.3, 0.4) is 0 Å². The van der Waals surface area contributed by atoms with Gasteiger partial charge in [0, 0.05) is 9.77 Å². The van der Waals surface area contributed by atoms with Crippen molar-refractivity contribution in [3.63, 3.8) is 0 Å². The van der Waals surface area contributed by atoms with Gasteiger partial charge >= 0.3 is 0 Å². The van der Waals surface area contributed by atoms with Crippen LogP contribution in [-0.4, -0.2) is 18.2 Å². The van der Waals surface area contributed by atoms with E-state index in [1.807, 2.05) is 48.7 Å². The fourth-order valence-electron chi connectivity index (χ4n) is 2.75. The number of alkyl halides is 2.